The normalized spacial score (nSPS) is 16.1. The van der Waals surface area contributed by atoms with Crippen LogP contribution in [-0.2, 0) is 19.1 Å². The minimum atomic E-state index is -0.485. The monoisotopic (exact) mass is 226 g/mol. The number of hydrogen-bond donors (Lipinski definition) is 0. The van der Waals surface area contributed by atoms with Crippen molar-refractivity contribution in [1.82, 2.24) is 0 Å². The van der Waals surface area contributed by atoms with Crippen LogP contribution >= 0.6 is 0 Å². The third-order valence-corrected chi connectivity index (χ3v) is 2.73. The maximum atomic E-state index is 11.3. The zero-order valence-corrected chi connectivity index (χ0v) is 9.66. The molecule has 0 atom stereocenters. The molecule has 0 amide bonds. The fourth-order valence-electron chi connectivity index (χ4n) is 1.80. The predicted molar refractivity (Wildman–Crippen MR) is 57.9 cm³/mol. The molecule has 0 unspecified atom stereocenters. The average Bonchev–Trinajstić information content (AvgIpc) is 2.69. The van der Waals surface area contributed by atoms with Gasteiger partial charge in [-0.05, 0) is 25.7 Å². The van der Waals surface area contributed by atoms with Crippen molar-refractivity contribution in [3.8, 4) is 0 Å². The Morgan fingerprint density at radius 3 is 2.25 bits per heavy atom. The van der Waals surface area contributed by atoms with Crippen LogP contribution in [0, 0.1) is 0 Å². The summed E-state index contributed by atoms with van der Waals surface area (Å²) < 4.78 is 5.13. The van der Waals surface area contributed by atoms with Gasteiger partial charge in [0.15, 0.2) is 5.78 Å². The molecule has 0 aromatic carbocycles. The Morgan fingerprint density at radius 2 is 1.69 bits per heavy atom. The van der Waals surface area contributed by atoms with E-state index in [1.54, 1.807) is 6.92 Å². The molecule has 0 heterocycles. The highest BCUT2D eigenvalue weighted by atomic mass is 16.5. The van der Waals surface area contributed by atoms with E-state index in [9.17, 15) is 14.4 Å². The lowest BCUT2D eigenvalue weighted by Gasteiger charge is -2.10. The fourth-order valence-corrected chi connectivity index (χ4v) is 1.80. The Hall–Kier alpha value is -1.19. The highest BCUT2D eigenvalue weighted by molar-refractivity contribution is 6.05. The van der Waals surface area contributed by atoms with Gasteiger partial charge in [-0.15, -0.1) is 0 Å². The number of Topliss-reactive ketones (excluding diaryl/α,β-unsaturated/α-hetero) is 2. The number of carbonyl (C=O) groups is 3. The first-order valence-corrected chi connectivity index (χ1v) is 5.84. The molecule has 16 heavy (non-hydrogen) atoms. The van der Waals surface area contributed by atoms with Crippen molar-refractivity contribution in [3.05, 3.63) is 0 Å². The van der Waals surface area contributed by atoms with E-state index in [1.165, 1.54) is 0 Å². The summed E-state index contributed by atoms with van der Waals surface area (Å²) in [5, 5.41) is 0. The molecule has 0 aliphatic heterocycles. The van der Waals surface area contributed by atoms with Gasteiger partial charge in [-0.2, -0.15) is 0 Å². The van der Waals surface area contributed by atoms with Crippen LogP contribution < -0.4 is 0 Å². The molecule has 0 bridgehead atoms. The summed E-state index contributed by atoms with van der Waals surface area (Å²) in [6, 6.07) is 0. The van der Waals surface area contributed by atoms with Gasteiger partial charge in [0.25, 0.3) is 0 Å². The van der Waals surface area contributed by atoms with Gasteiger partial charge in [0.1, 0.15) is 18.3 Å². The third kappa shape index (κ3) is 4.55. The van der Waals surface area contributed by atoms with Crippen LogP contribution in [0.5, 0.6) is 0 Å². The van der Waals surface area contributed by atoms with E-state index in [1.807, 2.05) is 0 Å². The summed E-state index contributed by atoms with van der Waals surface area (Å²) in [5.74, 6) is -0.950. The van der Waals surface area contributed by atoms with Crippen LogP contribution in [0.1, 0.15) is 51.9 Å². The minimum Gasteiger partial charge on any atom is -0.462 e. The van der Waals surface area contributed by atoms with E-state index in [2.05, 4.69) is 0 Å². The van der Waals surface area contributed by atoms with E-state index in [0.717, 1.165) is 25.7 Å². The lowest BCUT2D eigenvalue weighted by Crippen LogP contribution is -2.19. The number of ether oxygens (including phenoxy) is 1. The first-order valence-electron chi connectivity index (χ1n) is 5.84. The van der Waals surface area contributed by atoms with Gasteiger partial charge >= 0.3 is 5.97 Å². The van der Waals surface area contributed by atoms with Crippen LogP contribution in [0.2, 0.25) is 0 Å². The van der Waals surface area contributed by atoms with Crippen LogP contribution in [0.4, 0.5) is 0 Å². The Bertz CT molecular complexity index is 277. The summed E-state index contributed by atoms with van der Waals surface area (Å²) >= 11 is 0. The second-order valence-electron chi connectivity index (χ2n) is 4.18. The van der Waals surface area contributed by atoms with E-state index < -0.39 is 5.97 Å². The first-order chi connectivity index (χ1) is 7.61. The SMILES string of the molecule is CCC(=O)CC(=O)CC(=O)OC1CCCC1. The van der Waals surface area contributed by atoms with Crippen molar-refractivity contribution in [3.63, 3.8) is 0 Å². The predicted octanol–water partition coefficient (Wildman–Crippen LogP) is 1.80. The van der Waals surface area contributed by atoms with Gasteiger partial charge in [-0.1, -0.05) is 6.92 Å². The summed E-state index contributed by atoms with van der Waals surface area (Å²) in [5.41, 5.74) is 0. The smallest absolute Gasteiger partial charge is 0.313 e. The Labute approximate surface area is 95.3 Å². The van der Waals surface area contributed by atoms with Gasteiger partial charge in [0.2, 0.25) is 0 Å². The molecule has 0 spiro atoms. The van der Waals surface area contributed by atoms with Crippen molar-refractivity contribution in [1.29, 1.82) is 0 Å². The van der Waals surface area contributed by atoms with Crippen LogP contribution in [0.25, 0.3) is 0 Å². The van der Waals surface area contributed by atoms with Crippen LogP contribution in [0.15, 0.2) is 0 Å². The van der Waals surface area contributed by atoms with Crippen LogP contribution in [0.3, 0.4) is 0 Å². The van der Waals surface area contributed by atoms with E-state index in [0.29, 0.717) is 6.42 Å². The Kier molecular flexibility index (Phi) is 5.15. The molecule has 90 valence electrons. The number of ketones is 2. The van der Waals surface area contributed by atoms with E-state index in [-0.39, 0.29) is 30.5 Å². The highest BCUT2D eigenvalue weighted by Gasteiger charge is 2.21. The zero-order chi connectivity index (χ0) is 12.0. The molecule has 0 N–H and O–H groups in total. The molecule has 1 aliphatic carbocycles. The zero-order valence-electron chi connectivity index (χ0n) is 9.66. The molecule has 1 fully saturated rings. The van der Waals surface area contributed by atoms with Crippen LogP contribution in [-0.4, -0.2) is 23.6 Å². The van der Waals surface area contributed by atoms with Gasteiger partial charge in [-0.3, -0.25) is 14.4 Å². The second kappa shape index (κ2) is 6.40. The lowest BCUT2D eigenvalue weighted by molar-refractivity contribution is -0.150. The summed E-state index contributed by atoms with van der Waals surface area (Å²) in [7, 11) is 0. The highest BCUT2D eigenvalue weighted by Crippen LogP contribution is 2.21. The average molecular weight is 226 g/mol. The van der Waals surface area contributed by atoms with E-state index >= 15 is 0 Å². The first kappa shape index (κ1) is 12.9. The van der Waals surface area contributed by atoms with E-state index in [4.69, 9.17) is 4.74 Å². The summed E-state index contributed by atoms with van der Waals surface area (Å²) in [6.07, 6.45) is 3.88. The molecule has 0 saturated heterocycles. The number of esters is 1. The molecule has 4 heteroatoms. The maximum absolute atomic E-state index is 11.3. The molecule has 0 aromatic rings. The van der Waals surface area contributed by atoms with Gasteiger partial charge < -0.3 is 4.74 Å². The molecule has 1 rings (SSSR count). The topological polar surface area (TPSA) is 60.4 Å². The maximum Gasteiger partial charge on any atom is 0.313 e. The molecule has 0 radical (unpaired) electrons. The van der Waals surface area contributed by atoms with Crippen molar-refractivity contribution < 1.29 is 19.1 Å². The minimum absolute atomic E-state index is 0.0119. The fraction of sp³-hybridized carbons (Fsp3) is 0.750. The quantitative estimate of drug-likeness (QED) is 0.512. The lowest BCUT2D eigenvalue weighted by atomic mass is 10.1. The van der Waals surface area contributed by atoms with Gasteiger partial charge in [-0.25, -0.2) is 0 Å². The van der Waals surface area contributed by atoms with Crippen molar-refractivity contribution >= 4 is 17.5 Å². The number of hydrogen-bond acceptors (Lipinski definition) is 4. The Balaban J connectivity index is 2.22. The summed E-state index contributed by atoms with van der Waals surface area (Å²) in [6.45, 7) is 1.70. The third-order valence-electron chi connectivity index (χ3n) is 2.73. The largest absolute Gasteiger partial charge is 0.462 e. The molecule has 0 aromatic heterocycles. The van der Waals surface area contributed by atoms with Gasteiger partial charge in [0, 0.05) is 6.42 Å². The van der Waals surface area contributed by atoms with Crippen molar-refractivity contribution in [2.45, 2.75) is 58.0 Å². The molecule has 1 aliphatic rings. The van der Waals surface area contributed by atoms with Crippen molar-refractivity contribution in [2.24, 2.45) is 0 Å². The summed E-state index contributed by atoms with van der Waals surface area (Å²) in [4.78, 5) is 33.6. The standard InChI is InChI=1S/C12H18O4/c1-2-9(13)7-10(14)8-12(15)16-11-5-3-4-6-11/h11H,2-8H2,1H3. The Morgan fingerprint density at radius 1 is 1.06 bits per heavy atom. The van der Waals surface area contributed by atoms with Gasteiger partial charge in [0.05, 0.1) is 6.42 Å². The number of carbonyl (C=O) groups excluding carboxylic acids is 3. The molecular weight excluding hydrogens is 208 g/mol. The number of rotatable bonds is 6. The molecule has 1 saturated carbocycles. The second-order valence-corrected chi connectivity index (χ2v) is 4.18. The molecule has 4 nitrogen and oxygen atoms in total. The van der Waals surface area contributed by atoms with Crippen molar-refractivity contribution in [2.75, 3.05) is 0 Å². The molecular formula is C12H18O4.